The minimum absolute atomic E-state index is 0.00967. The third kappa shape index (κ3) is 2.64. The molecule has 1 saturated heterocycles. The minimum atomic E-state index is -0.377. The molecule has 1 unspecified atom stereocenters. The first-order chi connectivity index (χ1) is 9.25. The lowest BCUT2D eigenvalue weighted by molar-refractivity contribution is -0.101. The molecule has 7 heteroatoms. The number of hydrogen-bond donors (Lipinski definition) is 3. The zero-order valence-electron chi connectivity index (χ0n) is 12.5. The highest BCUT2D eigenvalue weighted by Crippen LogP contribution is 2.29. The number of nitrogens with zero attached hydrogens (tertiary/aromatic N) is 3. The molecule has 0 radical (unpaired) electrons. The SMILES string of the molecule is Cc1nn(C)c(N2CC(CO)OC(C)(C)C2)c1C(=N)N. The summed E-state index contributed by atoms with van der Waals surface area (Å²) in [6.45, 7) is 6.99. The Kier molecular flexibility index (Phi) is 3.75. The second-order valence-electron chi connectivity index (χ2n) is 5.88. The first kappa shape index (κ1) is 14.8. The Morgan fingerprint density at radius 3 is 2.80 bits per heavy atom. The molecular weight excluding hydrogens is 258 g/mol. The van der Waals surface area contributed by atoms with Crippen molar-refractivity contribution < 1.29 is 9.84 Å². The number of rotatable bonds is 3. The molecule has 1 aliphatic heterocycles. The summed E-state index contributed by atoms with van der Waals surface area (Å²) < 4.78 is 7.55. The average molecular weight is 281 g/mol. The number of nitrogen functional groups attached to an aromatic ring is 1. The highest BCUT2D eigenvalue weighted by molar-refractivity contribution is 6.01. The summed E-state index contributed by atoms with van der Waals surface area (Å²) in [6, 6.07) is 0. The van der Waals surface area contributed by atoms with Gasteiger partial charge in [0.2, 0.25) is 0 Å². The molecule has 2 rings (SSSR count). The van der Waals surface area contributed by atoms with Crippen LogP contribution in [0.5, 0.6) is 0 Å². The second-order valence-corrected chi connectivity index (χ2v) is 5.88. The van der Waals surface area contributed by atoms with E-state index in [-0.39, 0.29) is 24.1 Å². The van der Waals surface area contributed by atoms with Crippen molar-refractivity contribution in [1.29, 1.82) is 5.41 Å². The van der Waals surface area contributed by atoms with Crippen LogP contribution in [-0.2, 0) is 11.8 Å². The van der Waals surface area contributed by atoms with Gasteiger partial charge in [0, 0.05) is 20.1 Å². The molecule has 1 aromatic rings. The molecule has 112 valence electrons. The highest BCUT2D eigenvalue weighted by Gasteiger charge is 2.35. The van der Waals surface area contributed by atoms with E-state index in [1.807, 2.05) is 27.8 Å². The van der Waals surface area contributed by atoms with E-state index < -0.39 is 0 Å². The first-order valence-electron chi connectivity index (χ1n) is 6.67. The number of anilines is 1. The Hall–Kier alpha value is -1.60. The Morgan fingerprint density at radius 1 is 1.60 bits per heavy atom. The van der Waals surface area contributed by atoms with Crippen LogP contribution in [0.1, 0.15) is 25.1 Å². The van der Waals surface area contributed by atoms with E-state index in [0.717, 1.165) is 11.5 Å². The molecule has 0 spiro atoms. The Bertz CT molecular complexity index is 523. The first-order valence-corrected chi connectivity index (χ1v) is 6.67. The van der Waals surface area contributed by atoms with Crippen LogP contribution in [0.3, 0.4) is 0 Å². The normalized spacial score (nSPS) is 22.1. The van der Waals surface area contributed by atoms with Crippen LogP contribution in [0.4, 0.5) is 5.82 Å². The van der Waals surface area contributed by atoms with E-state index in [1.165, 1.54) is 0 Å². The van der Waals surface area contributed by atoms with Crippen molar-refractivity contribution in [3.63, 3.8) is 0 Å². The lowest BCUT2D eigenvalue weighted by Crippen LogP contribution is -2.54. The number of nitrogens with two attached hydrogens (primary N) is 1. The van der Waals surface area contributed by atoms with Gasteiger partial charge in [-0.2, -0.15) is 5.10 Å². The van der Waals surface area contributed by atoms with Crippen molar-refractivity contribution in [1.82, 2.24) is 9.78 Å². The zero-order valence-corrected chi connectivity index (χ0v) is 12.5. The lowest BCUT2D eigenvalue weighted by Gasteiger charge is -2.43. The van der Waals surface area contributed by atoms with Gasteiger partial charge in [0.1, 0.15) is 11.7 Å². The summed E-state index contributed by atoms with van der Waals surface area (Å²) in [7, 11) is 1.84. The van der Waals surface area contributed by atoms with E-state index in [2.05, 4.69) is 10.00 Å². The summed E-state index contributed by atoms with van der Waals surface area (Å²) >= 11 is 0. The molecule has 1 aliphatic rings. The van der Waals surface area contributed by atoms with Gasteiger partial charge in [0.15, 0.2) is 0 Å². The van der Waals surface area contributed by atoms with Crippen LogP contribution in [0, 0.1) is 12.3 Å². The van der Waals surface area contributed by atoms with E-state index >= 15 is 0 Å². The van der Waals surface area contributed by atoms with Crippen LogP contribution < -0.4 is 10.6 Å². The van der Waals surface area contributed by atoms with E-state index in [1.54, 1.807) is 4.68 Å². The standard InChI is InChI=1S/C13H23N5O2/c1-8-10(11(14)15)12(17(4)16-8)18-5-9(6-19)20-13(2,3)7-18/h9,19H,5-7H2,1-4H3,(H3,14,15). The van der Waals surface area contributed by atoms with Crippen LogP contribution >= 0.6 is 0 Å². The molecule has 20 heavy (non-hydrogen) atoms. The molecule has 1 atom stereocenters. The summed E-state index contributed by atoms with van der Waals surface area (Å²) in [4.78, 5) is 2.08. The maximum Gasteiger partial charge on any atom is 0.138 e. The van der Waals surface area contributed by atoms with Gasteiger partial charge < -0.3 is 20.5 Å². The van der Waals surface area contributed by atoms with Crippen LogP contribution in [0.25, 0.3) is 0 Å². The van der Waals surface area contributed by atoms with Crippen LogP contribution in [-0.4, -0.2) is 52.1 Å². The molecule has 0 aromatic carbocycles. The quantitative estimate of drug-likeness (QED) is 0.534. The molecule has 0 saturated carbocycles. The molecule has 0 aliphatic carbocycles. The molecule has 1 fully saturated rings. The largest absolute Gasteiger partial charge is 0.394 e. The van der Waals surface area contributed by atoms with Crippen molar-refractivity contribution >= 4 is 11.7 Å². The number of aromatic nitrogens is 2. The van der Waals surface area contributed by atoms with Crippen molar-refractivity contribution in [3.05, 3.63) is 11.3 Å². The molecule has 4 N–H and O–H groups in total. The number of aliphatic hydroxyl groups excluding tert-OH is 1. The van der Waals surface area contributed by atoms with Gasteiger partial charge in [-0.05, 0) is 20.8 Å². The maximum atomic E-state index is 9.40. The lowest BCUT2D eigenvalue weighted by atomic mass is 10.0. The van der Waals surface area contributed by atoms with E-state index in [0.29, 0.717) is 18.7 Å². The fraction of sp³-hybridized carbons (Fsp3) is 0.692. The molecule has 0 bridgehead atoms. The van der Waals surface area contributed by atoms with Gasteiger partial charge in [-0.3, -0.25) is 10.1 Å². The van der Waals surface area contributed by atoms with Crippen LogP contribution in [0.15, 0.2) is 0 Å². The fourth-order valence-corrected chi connectivity index (χ4v) is 2.88. The fourth-order valence-electron chi connectivity index (χ4n) is 2.88. The highest BCUT2D eigenvalue weighted by atomic mass is 16.5. The molecule has 7 nitrogen and oxygen atoms in total. The summed E-state index contributed by atoms with van der Waals surface area (Å²) in [5.74, 6) is 0.820. The van der Waals surface area contributed by atoms with Gasteiger partial charge in [0.25, 0.3) is 0 Å². The molecular formula is C13H23N5O2. The number of hydrogen-bond acceptors (Lipinski definition) is 5. The smallest absolute Gasteiger partial charge is 0.138 e. The van der Waals surface area contributed by atoms with Gasteiger partial charge in [-0.25, -0.2) is 0 Å². The predicted molar refractivity (Wildman–Crippen MR) is 77.2 cm³/mol. The maximum absolute atomic E-state index is 9.40. The van der Waals surface area contributed by atoms with Crippen molar-refractivity contribution in [2.24, 2.45) is 12.8 Å². The molecule has 1 aromatic heterocycles. The van der Waals surface area contributed by atoms with E-state index in [4.69, 9.17) is 15.9 Å². The second kappa shape index (κ2) is 5.06. The molecule has 2 heterocycles. The van der Waals surface area contributed by atoms with Gasteiger partial charge in [-0.1, -0.05) is 0 Å². The monoisotopic (exact) mass is 281 g/mol. The summed E-state index contributed by atoms with van der Waals surface area (Å²) in [6.07, 6.45) is -0.256. The number of aryl methyl sites for hydroxylation is 2. The number of nitrogens with one attached hydrogen (secondary N) is 1. The van der Waals surface area contributed by atoms with Crippen molar-refractivity contribution in [2.75, 3.05) is 24.6 Å². The Balaban J connectivity index is 2.42. The zero-order chi connectivity index (χ0) is 15.1. The Morgan fingerprint density at radius 2 is 2.25 bits per heavy atom. The van der Waals surface area contributed by atoms with E-state index in [9.17, 15) is 5.11 Å². The van der Waals surface area contributed by atoms with Crippen LogP contribution in [0.2, 0.25) is 0 Å². The third-order valence-corrected chi connectivity index (χ3v) is 3.45. The third-order valence-electron chi connectivity index (χ3n) is 3.45. The Labute approximate surface area is 118 Å². The summed E-state index contributed by atoms with van der Waals surface area (Å²) in [5.41, 5.74) is 6.71. The predicted octanol–water partition coefficient (Wildman–Crippen LogP) is -0.0113. The topological polar surface area (TPSA) is 100 Å². The number of amidine groups is 1. The number of morpholine rings is 1. The summed E-state index contributed by atoms with van der Waals surface area (Å²) in [5, 5.41) is 21.5. The average Bonchev–Trinajstić information content (AvgIpc) is 2.62. The minimum Gasteiger partial charge on any atom is -0.394 e. The van der Waals surface area contributed by atoms with Gasteiger partial charge >= 0.3 is 0 Å². The van der Waals surface area contributed by atoms with Crippen molar-refractivity contribution in [2.45, 2.75) is 32.5 Å². The molecule has 0 amide bonds. The number of ether oxygens (including phenoxy) is 1. The number of aliphatic hydroxyl groups is 1. The van der Waals surface area contributed by atoms with Gasteiger partial charge in [0.05, 0.1) is 29.6 Å². The van der Waals surface area contributed by atoms with Crippen molar-refractivity contribution in [3.8, 4) is 0 Å². The van der Waals surface area contributed by atoms with Gasteiger partial charge in [-0.15, -0.1) is 0 Å².